The SMILES string of the molecule is CCOC(=O)c1nn(-c2ccc(F)cc2)c(O)c1C(C)C. The third-order valence-electron chi connectivity index (χ3n) is 3.01. The van der Waals surface area contributed by atoms with Crippen molar-refractivity contribution in [3.8, 4) is 11.6 Å². The number of esters is 1. The van der Waals surface area contributed by atoms with Crippen molar-refractivity contribution in [2.45, 2.75) is 26.7 Å². The number of nitrogens with zero attached hydrogens (tertiary/aromatic N) is 2. The van der Waals surface area contributed by atoms with Gasteiger partial charge in [0.25, 0.3) is 0 Å². The van der Waals surface area contributed by atoms with E-state index < -0.39 is 5.97 Å². The minimum atomic E-state index is -0.586. The third kappa shape index (κ3) is 2.89. The van der Waals surface area contributed by atoms with E-state index in [1.54, 1.807) is 6.92 Å². The highest BCUT2D eigenvalue weighted by Gasteiger charge is 2.26. The Hall–Kier alpha value is -2.37. The molecule has 2 rings (SSSR count). The summed E-state index contributed by atoms with van der Waals surface area (Å²) in [7, 11) is 0. The van der Waals surface area contributed by atoms with E-state index in [1.807, 2.05) is 13.8 Å². The summed E-state index contributed by atoms with van der Waals surface area (Å²) < 4.78 is 19.1. The molecule has 0 bridgehead atoms. The molecule has 0 amide bonds. The Morgan fingerprint density at radius 3 is 2.52 bits per heavy atom. The summed E-state index contributed by atoms with van der Waals surface area (Å²) in [6.45, 7) is 5.60. The lowest BCUT2D eigenvalue weighted by Crippen LogP contribution is -2.09. The summed E-state index contributed by atoms with van der Waals surface area (Å²) in [6, 6.07) is 5.47. The van der Waals surface area contributed by atoms with Crippen LogP contribution in [0.25, 0.3) is 5.69 Å². The van der Waals surface area contributed by atoms with Gasteiger partial charge in [-0.15, -0.1) is 0 Å². The van der Waals surface area contributed by atoms with Crippen LogP contribution >= 0.6 is 0 Å². The molecule has 0 saturated carbocycles. The van der Waals surface area contributed by atoms with E-state index in [2.05, 4.69) is 5.10 Å². The molecule has 0 fully saturated rings. The van der Waals surface area contributed by atoms with Gasteiger partial charge in [-0.3, -0.25) is 0 Å². The van der Waals surface area contributed by atoms with Crippen molar-refractivity contribution in [2.75, 3.05) is 6.61 Å². The van der Waals surface area contributed by atoms with Gasteiger partial charge >= 0.3 is 5.97 Å². The first-order valence-electron chi connectivity index (χ1n) is 6.70. The monoisotopic (exact) mass is 292 g/mol. The van der Waals surface area contributed by atoms with Crippen LogP contribution in [0.5, 0.6) is 5.88 Å². The molecular formula is C15H17FN2O3. The van der Waals surface area contributed by atoms with Gasteiger partial charge in [-0.1, -0.05) is 13.8 Å². The number of hydrogen-bond acceptors (Lipinski definition) is 4. The van der Waals surface area contributed by atoms with Crippen LogP contribution < -0.4 is 0 Å². The molecule has 1 aromatic heterocycles. The quantitative estimate of drug-likeness (QED) is 0.880. The lowest BCUT2D eigenvalue weighted by molar-refractivity contribution is 0.0517. The summed E-state index contributed by atoms with van der Waals surface area (Å²) in [4.78, 5) is 12.0. The zero-order chi connectivity index (χ0) is 15.6. The van der Waals surface area contributed by atoms with Gasteiger partial charge in [0.2, 0.25) is 5.88 Å². The van der Waals surface area contributed by atoms with Crippen LogP contribution in [0.2, 0.25) is 0 Å². The number of rotatable bonds is 4. The topological polar surface area (TPSA) is 64.3 Å². The van der Waals surface area contributed by atoms with Gasteiger partial charge in [0, 0.05) is 0 Å². The molecule has 1 N–H and O–H groups in total. The predicted octanol–water partition coefficient (Wildman–Crippen LogP) is 3.02. The van der Waals surface area contributed by atoms with Crippen LogP contribution in [0.15, 0.2) is 24.3 Å². The highest BCUT2D eigenvalue weighted by atomic mass is 19.1. The Morgan fingerprint density at radius 1 is 1.38 bits per heavy atom. The van der Waals surface area contributed by atoms with Crippen LogP contribution in [-0.4, -0.2) is 27.5 Å². The maximum Gasteiger partial charge on any atom is 0.359 e. The highest BCUT2D eigenvalue weighted by molar-refractivity contribution is 5.90. The fraction of sp³-hybridized carbons (Fsp3) is 0.333. The highest BCUT2D eigenvalue weighted by Crippen LogP contribution is 2.31. The van der Waals surface area contributed by atoms with E-state index in [0.717, 1.165) is 0 Å². The van der Waals surface area contributed by atoms with Crippen molar-refractivity contribution in [1.29, 1.82) is 0 Å². The smallest absolute Gasteiger partial charge is 0.359 e. The molecule has 0 spiro atoms. The maximum absolute atomic E-state index is 13.0. The lowest BCUT2D eigenvalue weighted by atomic mass is 10.0. The number of carbonyl (C=O) groups is 1. The zero-order valence-corrected chi connectivity index (χ0v) is 12.1. The molecule has 1 heterocycles. The van der Waals surface area contributed by atoms with E-state index in [4.69, 9.17) is 4.74 Å². The van der Waals surface area contributed by atoms with Crippen LogP contribution in [0.1, 0.15) is 42.7 Å². The summed E-state index contributed by atoms with van der Waals surface area (Å²) in [6.07, 6.45) is 0. The average Bonchev–Trinajstić information content (AvgIpc) is 2.78. The van der Waals surface area contributed by atoms with Gasteiger partial charge in [0.15, 0.2) is 5.69 Å². The molecular weight excluding hydrogens is 275 g/mol. The van der Waals surface area contributed by atoms with Gasteiger partial charge in [0.05, 0.1) is 17.9 Å². The fourth-order valence-corrected chi connectivity index (χ4v) is 2.07. The Bertz CT molecular complexity index is 648. The number of ether oxygens (including phenoxy) is 1. The first kappa shape index (κ1) is 15.0. The van der Waals surface area contributed by atoms with Crippen LogP contribution in [0.4, 0.5) is 4.39 Å². The Morgan fingerprint density at radius 2 is 2.00 bits per heavy atom. The Balaban J connectivity index is 2.55. The number of halogens is 1. The average molecular weight is 292 g/mol. The molecule has 0 atom stereocenters. The van der Waals surface area contributed by atoms with Crippen molar-refractivity contribution < 1.29 is 19.0 Å². The van der Waals surface area contributed by atoms with Crippen molar-refractivity contribution >= 4 is 5.97 Å². The minimum absolute atomic E-state index is 0.0775. The molecule has 1 aromatic carbocycles. The summed E-state index contributed by atoms with van der Waals surface area (Å²) in [5, 5.41) is 14.4. The molecule has 2 aromatic rings. The van der Waals surface area contributed by atoms with E-state index in [0.29, 0.717) is 11.3 Å². The zero-order valence-electron chi connectivity index (χ0n) is 12.1. The minimum Gasteiger partial charge on any atom is -0.493 e. The largest absolute Gasteiger partial charge is 0.493 e. The number of benzene rings is 1. The number of aromatic hydroxyl groups is 1. The first-order chi connectivity index (χ1) is 9.95. The summed E-state index contributed by atoms with van der Waals surface area (Å²) >= 11 is 0. The van der Waals surface area contributed by atoms with Gasteiger partial charge in [0.1, 0.15) is 5.82 Å². The van der Waals surface area contributed by atoms with E-state index in [-0.39, 0.29) is 29.9 Å². The molecule has 0 aliphatic rings. The lowest BCUT2D eigenvalue weighted by Gasteiger charge is -2.06. The molecule has 21 heavy (non-hydrogen) atoms. The second-order valence-corrected chi connectivity index (χ2v) is 4.85. The molecule has 0 aliphatic heterocycles. The van der Waals surface area contributed by atoms with E-state index in [1.165, 1.54) is 28.9 Å². The van der Waals surface area contributed by atoms with Gasteiger partial charge in [-0.25, -0.2) is 13.9 Å². The van der Waals surface area contributed by atoms with Gasteiger partial charge in [-0.2, -0.15) is 5.10 Å². The molecule has 0 aliphatic carbocycles. The molecule has 112 valence electrons. The molecule has 0 radical (unpaired) electrons. The second-order valence-electron chi connectivity index (χ2n) is 4.85. The fourth-order valence-electron chi connectivity index (χ4n) is 2.07. The maximum atomic E-state index is 13.0. The van der Waals surface area contributed by atoms with Crippen molar-refractivity contribution in [2.24, 2.45) is 0 Å². The van der Waals surface area contributed by atoms with Gasteiger partial charge < -0.3 is 9.84 Å². The Labute approximate surface area is 122 Å². The van der Waals surface area contributed by atoms with Crippen LogP contribution in [0, 0.1) is 5.82 Å². The predicted molar refractivity (Wildman–Crippen MR) is 75.2 cm³/mol. The first-order valence-corrected chi connectivity index (χ1v) is 6.70. The van der Waals surface area contributed by atoms with Crippen molar-refractivity contribution in [3.63, 3.8) is 0 Å². The van der Waals surface area contributed by atoms with Crippen molar-refractivity contribution in [3.05, 3.63) is 41.3 Å². The number of carbonyl (C=O) groups excluding carboxylic acids is 1. The molecule has 0 saturated heterocycles. The third-order valence-corrected chi connectivity index (χ3v) is 3.01. The number of aromatic nitrogens is 2. The molecule has 6 heteroatoms. The number of hydrogen-bond donors (Lipinski definition) is 1. The molecule has 5 nitrogen and oxygen atoms in total. The standard InChI is InChI=1S/C15H17FN2O3/c1-4-21-15(20)13-12(9(2)3)14(19)18(17-13)11-7-5-10(16)6-8-11/h5-9,19H,4H2,1-3H3. The summed E-state index contributed by atoms with van der Waals surface area (Å²) in [5.74, 6) is -1.23. The summed E-state index contributed by atoms with van der Waals surface area (Å²) in [5.41, 5.74) is 0.956. The van der Waals surface area contributed by atoms with Gasteiger partial charge in [-0.05, 0) is 37.1 Å². The molecule has 0 unspecified atom stereocenters. The van der Waals surface area contributed by atoms with Crippen molar-refractivity contribution in [1.82, 2.24) is 9.78 Å². The Kier molecular flexibility index (Phi) is 4.26. The van der Waals surface area contributed by atoms with Crippen LogP contribution in [0.3, 0.4) is 0 Å². The van der Waals surface area contributed by atoms with E-state index >= 15 is 0 Å². The van der Waals surface area contributed by atoms with E-state index in [9.17, 15) is 14.3 Å². The van der Waals surface area contributed by atoms with Crippen LogP contribution in [-0.2, 0) is 4.74 Å². The normalized spacial score (nSPS) is 10.9. The second kappa shape index (κ2) is 5.95.